The van der Waals surface area contributed by atoms with Crippen molar-refractivity contribution in [3.63, 3.8) is 0 Å². The molecule has 0 rings (SSSR count). The van der Waals surface area contributed by atoms with Crippen LogP contribution in [0.2, 0.25) is 25.7 Å². The van der Waals surface area contributed by atoms with Crippen LogP contribution in [0.5, 0.6) is 0 Å². The molecule has 4 heteroatoms. The predicted molar refractivity (Wildman–Crippen MR) is 76.8 cm³/mol. The molecule has 0 N–H and O–H groups in total. The lowest BCUT2D eigenvalue weighted by atomic mass is 10.1. The Labute approximate surface area is 105 Å². The maximum Gasteiger partial charge on any atom is 0.307 e. The minimum absolute atomic E-state index is 1.29. The number of hydrogen-bond donors (Lipinski definition) is 0. The van der Waals surface area contributed by atoms with E-state index in [0.29, 0.717) is 0 Å². The fraction of sp³-hybridized carbons (Fsp3) is 1.00. The van der Waals surface area contributed by atoms with Gasteiger partial charge in [0, 0.05) is 7.11 Å². The van der Waals surface area contributed by atoms with Gasteiger partial charge in [0.1, 0.15) is 0 Å². The summed E-state index contributed by atoms with van der Waals surface area (Å²) in [6.07, 6.45) is 8.25. The lowest BCUT2D eigenvalue weighted by Crippen LogP contribution is -2.37. The minimum atomic E-state index is -1.42. The molecule has 0 amide bonds. The quantitative estimate of drug-likeness (QED) is 0.436. The highest BCUT2D eigenvalue weighted by atomic mass is 28.4. The Balaban J connectivity index is 3.50. The van der Waals surface area contributed by atoms with Gasteiger partial charge in [0.15, 0.2) is 8.32 Å². The first-order chi connectivity index (χ1) is 7.52. The van der Waals surface area contributed by atoms with Crippen molar-refractivity contribution in [3.05, 3.63) is 0 Å². The third kappa shape index (κ3) is 9.57. The van der Waals surface area contributed by atoms with Crippen molar-refractivity contribution in [2.45, 2.75) is 71.1 Å². The van der Waals surface area contributed by atoms with Gasteiger partial charge in [0.2, 0.25) is 0 Å². The SMILES string of the molecule is CCCCCCCC[Si](C)(C)O[SiH](C)OC. The van der Waals surface area contributed by atoms with E-state index in [1.807, 2.05) is 0 Å². The molecule has 98 valence electrons. The van der Waals surface area contributed by atoms with Crippen LogP contribution in [0.1, 0.15) is 45.4 Å². The van der Waals surface area contributed by atoms with E-state index in [1.54, 1.807) is 7.11 Å². The zero-order valence-corrected chi connectivity index (χ0v) is 14.0. The summed E-state index contributed by atoms with van der Waals surface area (Å²) in [5.74, 6) is 0. The van der Waals surface area contributed by atoms with Crippen LogP contribution in [0.3, 0.4) is 0 Å². The number of hydrogen-bond acceptors (Lipinski definition) is 2. The third-order valence-electron chi connectivity index (χ3n) is 2.95. The molecule has 0 spiro atoms. The van der Waals surface area contributed by atoms with Crippen molar-refractivity contribution < 1.29 is 8.54 Å². The molecule has 0 aromatic rings. The molecular weight excluding hydrogens is 232 g/mol. The van der Waals surface area contributed by atoms with E-state index >= 15 is 0 Å². The van der Waals surface area contributed by atoms with E-state index in [0.717, 1.165) is 0 Å². The van der Waals surface area contributed by atoms with Crippen molar-refractivity contribution in [2.75, 3.05) is 7.11 Å². The van der Waals surface area contributed by atoms with E-state index in [1.165, 1.54) is 44.6 Å². The minimum Gasteiger partial charge on any atom is -0.438 e. The lowest BCUT2D eigenvalue weighted by Gasteiger charge is -2.26. The second-order valence-electron chi connectivity index (χ2n) is 5.20. The molecule has 0 aromatic carbocycles. The highest BCUT2D eigenvalue weighted by molar-refractivity contribution is 6.76. The first kappa shape index (κ1) is 16.4. The Bertz CT molecular complexity index is 163. The summed E-state index contributed by atoms with van der Waals surface area (Å²) in [4.78, 5) is 0. The molecule has 0 radical (unpaired) electrons. The molecule has 0 heterocycles. The van der Waals surface area contributed by atoms with E-state index in [4.69, 9.17) is 8.54 Å². The van der Waals surface area contributed by atoms with Gasteiger partial charge in [-0.15, -0.1) is 0 Å². The molecule has 0 aliphatic rings. The summed E-state index contributed by atoms with van der Waals surface area (Å²) in [5, 5.41) is 0. The Hall–Kier alpha value is 0.354. The Kier molecular flexibility index (Phi) is 9.60. The first-order valence-corrected chi connectivity index (χ1v) is 11.9. The van der Waals surface area contributed by atoms with Gasteiger partial charge >= 0.3 is 9.28 Å². The normalized spacial score (nSPS) is 14.1. The largest absolute Gasteiger partial charge is 0.438 e. The van der Waals surface area contributed by atoms with Gasteiger partial charge in [0.05, 0.1) is 0 Å². The van der Waals surface area contributed by atoms with Gasteiger partial charge in [-0.1, -0.05) is 45.4 Å². The highest BCUT2D eigenvalue weighted by Gasteiger charge is 2.24. The van der Waals surface area contributed by atoms with E-state index in [-0.39, 0.29) is 0 Å². The lowest BCUT2D eigenvalue weighted by molar-refractivity contribution is 0.337. The van der Waals surface area contributed by atoms with Crippen LogP contribution in [-0.4, -0.2) is 24.7 Å². The van der Waals surface area contributed by atoms with Gasteiger partial charge in [-0.25, -0.2) is 0 Å². The monoisotopic (exact) mass is 262 g/mol. The molecule has 0 saturated carbocycles. The molecule has 0 fully saturated rings. The van der Waals surface area contributed by atoms with Gasteiger partial charge in [-0.2, -0.15) is 0 Å². The standard InChI is InChI=1S/C12H30O2Si2/c1-6-7-8-9-10-11-12-16(4,5)14-15(3)13-2/h15H,6-12H2,1-5H3. The van der Waals surface area contributed by atoms with Crippen molar-refractivity contribution >= 4 is 17.6 Å². The Morgan fingerprint density at radius 2 is 1.56 bits per heavy atom. The summed E-state index contributed by atoms with van der Waals surface area (Å²) < 4.78 is 11.4. The zero-order valence-electron chi connectivity index (χ0n) is 11.8. The zero-order chi connectivity index (χ0) is 12.4. The molecule has 0 aliphatic carbocycles. The van der Waals surface area contributed by atoms with Crippen molar-refractivity contribution in [1.29, 1.82) is 0 Å². The second-order valence-corrected chi connectivity index (χ2v) is 11.8. The predicted octanol–water partition coefficient (Wildman–Crippen LogP) is 4.07. The number of unbranched alkanes of at least 4 members (excludes halogenated alkanes) is 5. The molecule has 1 unspecified atom stereocenters. The summed E-state index contributed by atoms with van der Waals surface area (Å²) in [7, 11) is -0.964. The Morgan fingerprint density at radius 1 is 1.00 bits per heavy atom. The van der Waals surface area contributed by atoms with Crippen LogP contribution < -0.4 is 0 Å². The average molecular weight is 263 g/mol. The smallest absolute Gasteiger partial charge is 0.307 e. The Morgan fingerprint density at radius 3 is 2.12 bits per heavy atom. The molecule has 1 atom stereocenters. The van der Waals surface area contributed by atoms with Gasteiger partial charge in [-0.05, 0) is 25.7 Å². The van der Waals surface area contributed by atoms with Crippen LogP contribution in [0.15, 0.2) is 0 Å². The van der Waals surface area contributed by atoms with Crippen LogP contribution >= 0.6 is 0 Å². The molecule has 0 bridgehead atoms. The summed E-state index contributed by atoms with van der Waals surface area (Å²) >= 11 is 0. The van der Waals surface area contributed by atoms with E-state index < -0.39 is 17.6 Å². The van der Waals surface area contributed by atoms with E-state index in [2.05, 4.69) is 26.6 Å². The molecule has 0 aliphatic heterocycles. The summed E-state index contributed by atoms with van der Waals surface area (Å²) in [5.41, 5.74) is 0. The van der Waals surface area contributed by atoms with Gasteiger partial charge < -0.3 is 8.54 Å². The van der Waals surface area contributed by atoms with Gasteiger partial charge in [-0.3, -0.25) is 0 Å². The second kappa shape index (κ2) is 9.39. The highest BCUT2D eigenvalue weighted by Crippen LogP contribution is 2.18. The maximum atomic E-state index is 6.07. The van der Waals surface area contributed by atoms with Crippen LogP contribution in [0, 0.1) is 0 Å². The molecule has 0 saturated heterocycles. The molecule has 0 aromatic heterocycles. The fourth-order valence-electron chi connectivity index (χ4n) is 1.89. The topological polar surface area (TPSA) is 18.5 Å². The molecular formula is C12H30O2Si2. The van der Waals surface area contributed by atoms with Crippen molar-refractivity contribution in [2.24, 2.45) is 0 Å². The maximum absolute atomic E-state index is 6.07. The van der Waals surface area contributed by atoms with Crippen LogP contribution in [-0.2, 0) is 8.54 Å². The average Bonchev–Trinajstić information content (AvgIpc) is 2.22. The first-order valence-electron chi connectivity index (χ1n) is 6.72. The number of rotatable bonds is 10. The molecule has 16 heavy (non-hydrogen) atoms. The summed E-state index contributed by atoms with van der Waals surface area (Å²) in [6, 6.07) is 1.29. The van der Waals surface area contributed by atoms with Crippen molar-refractivity contribution in [1.82, 2.24) is 0 Å². The summed E-state index contributed by atoms with van der Waals surface area (Å²) in [6.45, 7) is 9.03. The van der Waals surface area contributed by atoms with Gasteiger partial charge in [0.25, 0.3) is 0 Å². The van der Waals surface area contributed by atoms with Crippen molar-refractivity contribution in [3.8, 4) is 0 Å². The van der Waals surface area contributed by atoms with E-state index in [9.17, 15) is 0 Å². The third-order valence-corrected chi connectivity index (χ3v) is 9.05. The fourth-order valence-corrected chi connectivity index (χ4v) is 7.44. The molecule has 2 nitrogen and oxygen atoms in total. The van der Waals surface area contributed by atoms with Crippen LogP contribution in [0.4, 0.5) is 0 Å². The van der Waals surface area contributed by atoms with Crippen LogP contribution in [0.25, 0.3) is 0 Å².